The minimum Gasteiger partial charge on any atom is -0.466 e. The lowest BCUT2D eigenvalue weighted by molar-refractivity contribution is -0.138. The molecule has 0 atom stereocenters. The van der Waals surface area contributed by atoms with E-state index in [1.807, 2.05) is 48.6 Å². The summed E-state index contributed by atoms with van der Waals surface area (Å²) in [6.45, 7) is 0. The van der Waals surface area contributed by atoms with Crippen LogP contribution in [-0.4, -0.2) is 36.1 Å². The van der Waals surface area contributed by atoms with Crippen LogP contribution in [-0.2, 0) is 19.1 Å². The standard InChI is InChI=1S/C21H19N3O4/c1-27-20(25)13-18(21(26)28-2)22-15-10-7-14(8-11-15)9-12-19-23-16-5-3-4-6-17(16)24-19/h3-13,22H,1-2H3,(H,23,24)/b12-9?,18-13+. The SMILES string of the molecule is COC(=O)/C=C(/Nc1ccc(C=Cc2nc3ccccc3[nH]2)cc1)C(=O)OC. The van der Waals surface area contributed by atoms with Crippen molar-refractivity contribution in [2.24, 2.45) is 0 Å². The molecule has 3 aromatic rings. The number of H-pyrrole nitrogens is 1. The first-order chi connectivity index (χ1) is 13.6. The van der Waals surface area contributed by atoms with Gasteiger partial charge in [-0.2, -0.15) is 0 Å². The number of hydrogen-bond acceptors (Lipinski definition) is 6. The number of carbonyl (C=O) groups is 2. The zero-order valence-electron chi connectivity index (χ0n) is 15.4. The molecule has 2 N–H and O–H groups in total. The third-order valence-electron chi connectivity index (χ3n) is 3.90. The zero-order valence-corrected chi connectivity index (χ0v) is 15.4. The molecule has 0 saturated heterocycles. The molecule has 0 spiro atoms. The van der Waals surface area contributed by atoms with E-state index in [0.717, 1.165) is 28.5 Å². The van der Waals surface area contributed by atoms with Gasteiger partial charge in [-0.05, 0) is 35.9 Å². The molecule has 28 heavy (non-hydrogen) atoms. The van der Waals surface area contributed by atoms with Crippen LogP contribution in [0.3, 0.4) is 0 Å². The Balaban J connectivity index is 1.72. The van der Waals surface area contributed by atoms with Crippen molar-refractivity contribution in [3.8, 4) is 0 Å². The molecule has 0 saturated carbocycles. The number of anilines is 1. The maximum Gasteiger partial charge on any atom is 0.354 e. The molecule has 1 aromatic heterocycles. The summed E-state index contributed by atoms with van der Waals surface area (Å²) in [5, 5.41) is 2.86. The molecule has 7 nitrogen and oxygen atoms in total. The maximum absolute atomic E-state index is 11.8. The maximum atomic E-state index is 11.8. The molecule has 0 radical (unpaired) electrons. The monoisotopic (exact) mass is 377 g/mol. The van der Waals surface area contributed by atoms with Gasteiger partial charge in [0.2, 0.25) is 0 Å². The molecular weight excluding hydrogens is 358 g/mol. The van der Waals surface area contributed by atoms with Crippen LogP contribution in [0, 0.1) is 0 Å². The van der Waals surface area contributed by atoms with Crippen LogP contribution < -0.4 is 5.32 Å². The molecule has 0 aliphatic heterocycles. The second kappa shape index (κ2) is 8.68. The third kappa shape index (κ3) is 4.64. The Morgan fingerprint density at radius 3 is 2.43 bits per heavy atom. The molecule has 0 aliphatic carbocycles. The summed E-state index contributed by atoms with van der Waals surface area (Å²) in [7, 11) is 2.47. The second-order valence-corrected chi connectivity index (χ2v) is 5.79. The number of methoxy groups -OCH3 is 2. The number of nitrogens with one attached hydrogen (secondary N) is 2. The van der Waals surface area contributed by atoms with E-state index in [2.05, 4.69) is 24.8 Å². The van der Waals surface area contributed by atoms with E-state index in [9.17, 15) is 9.59 Å². The van der Waals surface area contributed by atoms with Crippen LogP contribution in [0.1, 0.15) is 11.4 Å². The number of fused-ring (bicyclic) bond motifs is 1. The number of ether oxygens (including phenoxy) is 2. The van der Waals surface area contributed by atoms with Crippen LogP contribution >= 0.6 is 0 Å². The fourth-order valence-electron chi connectivity index (χ4n) is 2.49. The van der Waals surface area contributed by atoms with Gasteiger partial charge in [-0.25, -0.2) is 14.6 Å². The summed E-state index contributed by atoms with van der Waals surface area (Å²) < 4.78 is 9.21. The Kier molecular flexibility index (Phi) is 5.86. The number of rotatable bonds is 6. The summed E-state index contributed by atoms with van der Waals surface area (Å²) in [6.07, 6.45) is 4.85. The van der Waals surface area contributed by atoms with Gasteiger partial charge in [0.25, 0.3) is 0 Å². The molecule has 7 heteroatoms. The Morgan fingerprint density at radius 2 is 1.75 bits per heavy atom. The zero-order chi connectivity index (χ0) is 19.9. The van der Waals surface area contributed by atoms with Gasteiger partial charge in [0.05, 0.1) is 31.3 Å². The molecule has 0 amide bonds. The van der Waals surface area contributed by atoms with Crippen molar-refractivity contribution < 1.29 is 19.1 Å². The first-order valence-electron chi connectivity index (χ1n) is 8.47. The lowest BCUT2D eigenvalue weighted by Crippen LogP contribution is -2.15. The van der Waals surface area contributed by atoms with E-state index in [1.54, 1.807) is 12.1 Å². The average molecular weight is 377 g/mol. The van der Waals surface area contributed by atoms with Gasteiger partial charge in [-0.3, -0.25) is 0 Å². The highest BCUT2D eigenvalue weighted by molar-refractivity contribution is 5.98. The summed E-state index contributed by atoms with van der Waals surface area (Å²) >= 11 is 0. The first-order valence-corrected chi connectivity index (χ1v) is 8.47. The van der Waals surface area contributed by atoms with E-state index < -0.39 is 11.9 Å². The van der Waals surface area contributed by atoms with Crippen molar-refractivity contribution in [3.63, 3.8) is 0 Å². The number of hydrogen-bond donors (Lipinski definition) is 2. The molecule has 0 bridgehead atoms. The molecule has 142 valence electrons. The largest absolute Gasteiger partial charge is 0.466 e. The van der Waals surface area contributed by atoms with Crippen molar-refractivity contribution in [2.45, 2.75) is 0 Å². The number of para-hydroxylation sites is 2. The van der Waals surface area contributed by atoms with E-state index in [1.165, 1.54) is 14.2 Å². The van der Waals surface area contributed by atoms with Crippen molar-refractivity contribution >= 4 is 40.8 Å². The van der Waals surface area contributed by atoms with Crippen molar-refractivity contribution in [1.82, 2.24) is 9.97 Å². The molecular formula is C21H19N3O4. The minimum absolute atomic E-state index is 0.0140. The Hall–Kier alpha value is -3.87. The van der Waals surface area contributed by atoms with Gasteiger partial charge in [0, 0.05) is 5.69 Å². The topological polar surface area (TPSA) is 93.3 Å². The van der Waals surface area contributed by atoms with Gasteiger partial charge in [-0.1, -0.05) is 30.3 Å². The van der Waals surface area contributed by atoms with Crippen molar-refractivity contribution in [2.75, 3.05) is 19.5 Å². The number of nitrogens with zero attached hydrogens (tertiary/aromatic N) is 1. The van der Waals surface area contributed by atoms with Crippen molar-refractivity contribution in [3.05, 3.63) is 71.7 Å². The summed E-state index contributed by atoms with van der Waals surface area (Å²) in [4.78, 5) is 30.9. The Bertz CT molecular complexity index is 1020. The number of carbonyl (C=O) groups excluding carboxylic acids is 2. The second-order valence-electron chi connectivity index (χ2n) is 5.79. The third-order valence-corrected chi connectivity index (χ3v) is 3.90. The lowest BCUT2D eigenvalue weighted by Gasteiger charge is -2.09. The highest BCUT2D eigenvalue weighted by Gasteiger charge is 2.12. The predicted octanol–water partition coefficient (Wildman–Crippen LogP) is 3.38. The summed E-state index contributed by atoms with van der Waals surface area (Å²) in [5.41, 5.74) is 3.45. The van der Waals surface area contributed by atoms with Gasteiger partial charge in [0.1, 0.15) is 11.5 Å². The molecule has 2 aromatic carbocycles. The lowest BCUT2D eigenvalue weighted by atomic mass is 10.2. The van der Waals surface area contributed by atoms with Crippen LogP contribution in [0.4, 0.5) is 5.69 Å². The number of aromatic amines is 1. The van der Waals surface area contributed by atoms with Gasteiger partial charge in [-0.15, -0.1) is 0 Å². The Morgan fingerprint density at radius 1 is 1.00 bits per heavy atom. The van der Waals surface area contributed by atoms with E-state index in [4.69, 9.17) is 0 Å². The fraction of sp³-hybridized carbons (Fsp3) is 0.0952. The summed E-state index contributed by atoms with van der Waals surface area (Å²) in [5.74, 6) is -0.560. The number of imidazole rings is 1. The fourth-order valence-corrected chi connectivity index (χ4v) is 2.49. The minimum atomic E-state index is -0.667. The normalized spacial score (nSPS) is 11.6. The van der Waals surface area contributed by atoms with E-state index in [-0.39, 0.29) is 5.70 Å². The van der Waals surface area contributed by atoms with Crippen molar-refractivity contribution in [1.29, 1.82) is 0 Å². The Labute approximate surface area is 161 Å². The highest BCUT2D eigenvalue weighted by atomic mass is 16.5. The first kappa shape index (κ1) is 18.9. The van der Waals surface area contributed by atoms with Crippen LogP contribution in [0.25, 0.3) is 23.2 Å². The molecule has 1 heterocycles. The van der Waals surface area contributed by atoms with Gasteiger partial charge < -0.3 is 19.8 Å². The van der Waals surface area contributed by atoms with Crippen LogP contribution in [0.15, 0.2) is 60.3 Å². The number of esters is 2. The average Bonchev–Trinajstić information content (AvgIpc) is 3.15. The molecule has 0 fully saturated rings. The van der Waals surface area contributed by atoms with Gasteiger partial charge in [0.15, 0.2) is 0 Å². The number of benzene rings is 2. The predicted molar refractivity (Wildman–Crippen MR) is 107 cm³/mol. The highest BCUT2D eigenvalue weighted by Crippen LogP contribution is 2.16. The van der Waals surface area contributed by atoms with Gasteiger partial charge >= 0.3 is 11.9 Å². The molecule has 0 unspecified atom stereocenters. The quantitative estimate of drug-likeness (QED) is 0.505. The summed E-state index contributed by atoms with van der Waals surface area (Å²) in [6, 6.07) is 15.1. The number of aromatic nitrogens is 2. The van der Waals surface area contributed by atoms with E-state index >= 15 is 0 Å². The molecule has 0 aliphatic rings. The van der Waals surface area contributed by atoms with Crippen LogP contribution in [0.5, 0.6) is 0 Å². The van der Waals surface area contributed by atoms with Crippen LogP contribution in [0.2, 0.25) is 0 Å². The smallest absolute Gasteiger partial charge is 0.354 e. The van der Waals surface area contributed by atoms with E-state index in [0.29, 0.717) is 5.69 Å². The molecule has 3 rings (SSSR count).